The Balaban J connectivity index is 2.63. The molecule has 1 aliphatic heterocycles. The van der Waals surface area contributed by atoms with Crippen LogP contribution in [0.3, 0.4) is 0 Å². The molecule has 17 heavy (non-hydrogen) atoms. The molecular weight excluding hydrogens is 264 g/mol. The molecule has 0 aromatic heterocycles. The molecule has 0 saturated heterocycles. The second-order valence-corrected chi connectivity index (χ2v) is 6.96. The summed E-state index contributed by atoms with van der Waals surface area (Å²) in [6, 6.07) is 2.86. The monoisotopic (exact) mass is 279 g/mol. The highest BCUT2D eigenvalue weighted by Gasteiger charge is 2.36. The van der Waals surface area contributed by atoms with E-state index < -0.39 is 26.6 Å². The van der Waals surface area contributed by atoms with Gasteiger partial charge in [-0.2, -0.15) is 0 Å². The van der Waals surface area contributed by atoms with Crippen LogP contribution >= 0.6 is 10.7 Å². The van der Waals surface area contributed by atoms with Crippen molar-refractivity contribution in [2.75, 3.05) is 7.04 Å². The number of benzene rings is 1. The molecule has 1 heterocycles. The van der Waals surface area contributed by atoms with E-state index in [1.807, 2.05) is 0 Å². The molecule has 0 radical (unpaired) electrons. The second kappa shape index (κ2) is 3.78. The summed E-state index contributed by atoms with van der Waals surface area (Å²) in [6.45, 7) is 3.59. The van der Waals surface area contributed by atoms with Gasteiger partial charge in [-0.05, 0) is 25.5 Å². The Bertz CT molecular complexity index is 652. The van der Waals surface area contributed by atoms with Gasteiger partial charge in [0.15, 0.2) is 4.90 Å². The summed E-state index contributed by atoms with van der Waals surface area (Å²) < 4.78 is 55.0. The minimum atomic E-state index is -4.21. The molecule has 0 spiro atoms. The van der Waals surface area contributed by atoms with E-state index in [-0.39, 0.29) is 11.5 Å². The van der Waals surface area contributed by atoms with Crippen LogP contribution in [-0.4, -0.2) is 21.1 Å². The van der Waals surface area contributed by atoms with Gasteiger partial charge in [0.2, 0.25) is 0 Å². The fraction of sp³-hybridized carbons (Fsp3) is 0.455. The van der Waals surface area contributed by atoms with Crippen molar-refractivity contribution in [1.82, 2.24) is 0 Å². The first-order valence-corrected chi connectivity index (χ1v) is 7.19. The van der Waals surface area contributed by atoms with Crippen LogP contribution < -0.4 is 9.47 Å². The number of rotatable bonds is 2. The van der Waals surface area contributed by atoms with Crippen molar-refractivity contribution in [3.05, 3.63) is 17.7 Å². The first-order chi connectivity index (χ1) is 8.89. The van der Waals surface area contributed by atoms with Gasteiger partial charge in [0.1, 0.15) is 17.1 Å². The van der Waals surface area contributed by atoms with Crippen molar-refractivity contribution in [2.24, 2.45) is 0 Å². The fourth-order valence-corrected chi connectivity index (χ4v) is 3.10. The lowest BCUT2D eigenvalue weighted by Crippen LogP contribution is -2.25. The Hall–Kier alpha value is -0.940. The lowest BCUT2D eigenvalue weighted by Gasteiger charge is -2.18. The molecule has 1 aliphatic rings. The van der Waals surface area contributed by atoms with E-state index in [1.165, 1.54) is 6.07 Å². The van der Waals surface area contributed by atoms with Crippen molar-refractivity contribution >= 4 is 19.7 Å². The molecule has 1 aromatic rings. The smallest absolute Gasteiger partial charge is 0.268 e. The molecule has 0 unspecified atom stereocenters. The lowest BCUT2D eigenvalue weighted by molar-refractivity contribution is 0.134. The molecular formula is C11H13ClO4S. The minimum absolute atomic E-state index is 0.0618. The van der Waals surface area contributed by atoms with Crippen LogP contribution in [-0.2, 0) is 15.5 Å². The van der Waals surface area contributed by atoms with Gasteiger partial charge in [-0.3, -0.25) is 0 Å². The summed E-state index contributed by atoms with van der Waals surface area (Å²) in [5.41, 5.74) is 0.0594. The molecule has 6 heteroatoms. The van der Waals surface area contributed by atoms with Gasteiger partial charge in [-0.1, -0.05) is 6.07 Å². The molecule has 4 nitrogen and oxygen atoms in total. The van der Waals surface area contributed by atoms with E-state index in [0.717, 1.165) is 0 Å². The molecule has 0 bridgehead atoms. The Morgan fingerprint density at radius 3 is 2.82 bits per heavy atom. The first-order valence-electron chi connectivity index (χ1n) is 6.38. The summed E-state index contributed by atoms with van der Waals surface area (Å²) in [4.78, 5) is -0.432. The highest BCUT2D eigenvalue weighted by Crippen LogP contribution is 2.45. The normalized spacial score (nSPS) is 20.8. The molecule has 1 aromatic carbocycles. The zero-order chi connectivity index (χ0) is 15.3. The number of ether oxygens (including phenoxy) is 2. The third-order valence-electron chi connectivity index (χ3n) is 2.51. The zero-order valence-electron chi connectivity index (χ0n) is 12.3. The summed E-state index contributed by atoms with van der Waals surface area (Å²) in [5, 5.41) is 0. The van der Waals surface area contributed by atoms with Crippen LogP contribution in [0.4, 0.5) is 0 Å². The van der Waals surface area contributed by atoms with E-state index in [1.54, 1.807) is 19.9 Å². The van der Waals surface area contributed by atoms with E-state index >= 15 is 0 Å². The van der Waals surface area contributed by atoms with Crippen molar-refractivity contribution in [1.29, 1.82) is 0 Å². The third kappa shape index (κ3) is 2.21. The molecule has 0 aliphatic carbocycles. The van der Waals surface area contributed by atoms with Gasteiger partial charge in [0, 0.05) is 17.1 Å². The summed E-state index contributed by atoms with van der Waals surface area (Å²) in [7, 11) is -1.59. The van der Waals surface area contributed by atoms with Gasteiger partial charge in [-0.15, -0.1) is 0 Å². The van der Waals surface area contributed by atoms with Crippen molar-refractivity contribution < 1.29 is 22.0 Å². The second-order valence-electron chi connectivity index (χ2n) is 4.46. The molecule has 0 N–H and O–H groups in total. The quantitative estimate of drug-likeness (QED) is 0.780. The van der Waals surface area contributed by atoms with Gasteiger partial charge >= 0.3 is 0 Å². The van der Waals surface area contributed by atoms with E-state index in [4.69, 9.17) is 24.3 Å². The van der Waals surface area contributed by atoms with E-state index in [2.05, 4.69) is 0 Å². The summed E-state index contributed by atoms with van der Waals surface area (Å²) in [6.07, 6.45) is 0.496. The van der Waals surface area contributed by atoms with Crippen molar-refractivity contribution in [3.63, 3.8) is 0 Å². The number of halogens is 1. The van der Waals surface area contributed by atoms with Crippen LogP contribution in [0, 0.1) is 0 Å². The standard InChI is InChI=1S/C11H13ClO4S/c1-11(2)6-7-4-5-8(15-3)10(9(7)16-11)17(12,13)14/h4-5H,6H2,1-3H3/i3D3. The zero-order valence-corrected chi connectivity index (χ0v) is 10.9. The van der Waals surface area contributed by atoms with E-state index in [0.29, 0.717) is 12.0 Å². The number of fused-ring (bicyclic) bond motifs is 1. The topological polar surface area (TPSA) is 52.6 Å². The molecule has 0 fully saturated rings. The van der Waals surface area contributed by atoms with Crippen LogP contribution in [0.25, 0.3) is 0 Å². The first kappa shape index (κ1) is 9.05. The van der Waals surface area contributed by atoms with Crippen LogP contribution in [0.2, 0.25) is 0 Å². The largest absolute Gasteiger partial charge is 0.495 e. The van der Waals surface area contributed by atoms with Gasteiger partial charge in [0.25, 0.3) is 9.05 Å². The number of hydrogen-bond donors (Lipinski definition) is 0. The molecule has 2 rings (SSSR count). The summed E-state index contributed by atoms with van der Waals surface area (Å²) >= 11 is 0. The minimum Gasteiger partial charge on any atom is -0.495 e. The third-order valence-corrected chi connectivity index (χ3v) is 3.84. The van der Waals surface area contributed by atoms with E-state index in [9.17, 15) is 8.42 Å². The van der Waals surface area contributed by atoms with Gasteiger partial charge in [-0.25, -0.2) is 8.42 Å². The Labute approximate surface area is 109 Å². The van der Waals surface area contributed by atoms with Crippen molar-refractivity contribution in [2.45, 2.75) is 30.8 Å². The predicted molar refractivity (Wildman–Crippen MR) is 64.4 cm³/mol. The van der Waals surface area contributed by atoms with Crippen LogP contribution in [0.5, 0.6) is 11.5 Å². The lowest BCUT2D eigenvalue weighted by atomic mass is 10.0. The predicted octanol–water partition coefficient (Wildman–Crippen LogP) is 2.34. The number of hydrogen-bond acceptors (Lipinski definition) is 4. The SMILES string of the molecule is [2H]C([2H])([2H])Oc1ccc2c(c1S(=O)(=O)Cl)OC(C)(C)C2. The fourth-order valence-electron chi connectivity index (χ4n) is 1.92. The van der Waals surface area contributed by atoms with Gasteiger partial charge < -0.3 is 9.47 Å². The Kier molecular flexibility index (Phi) is 2.01. The highest BCUT2D eigenvalue weighted by atomic mass is 35.7. The Morgan fingerprint density at radius 2 is 2.24 bits per heavy atom. The Morgan fingerprint density at radius 1 is 1.53 bits per heavy atom. The maximum atomic E-state index is 11.7. The van der Waals surface area contributed by atoms with Crippen molar-refractivity contribution in [3.8, 4) is 11.5 Å². The summed E-state index contributed by atoms with van der Waals surface area (Å²) in [5.74, 6) is -0.275. The molecule has 0 amide bonds. The van der Waals surface area contributed by atoms with Crippen LogP contribution in [0.15, 0.2) is 17.0 Å². The highest BCUT2D eigenvalue weighted by molar-refractivity contribution is 8.14. The maximum absolute atomic E-state index is 11.7. The average molecular weight is 280 g/mol. The number of methoxy groups -OCH3 is 1. The molecule has 94 valence electrons. The molecule has 0 atom stereocenters. The van der Waals surface area contributed by atoms with Gasteiger partial charge in [0.05, 0.1) is 11.2 Å². The van der Waals surface area contributed by atoms with Crippen LogP contribution in [0.1, 0.15) is 23.5 Å². The average Bonchev–Trinajstić information content (AvgIpc) is 2.46. The molecule has 0 saturated carbocycles. The maximum Gasteiger partial charge on any atom is 0.268 e.